The molecule has 0 aromatic carbocycles. The Bertz CT molecular complexity index is 394. The van der Waals surface area contributed by atoms with E-state index in [1.807, 2.05) is 0 Å². The van der Waals surface area contributed by atoms with Crippen LogP contribution in [0.1, 0.15) is 163 Å². The van der Waals surface area contributed by atoms with Crippen LogP contribution in [0.2, 0.25) is 0 Å². The number of nitrogens with zero attached hydrogens (tertiary/aromatic N) is 1. The van der Waals surface area contributed by atoms with Crippen molar-refractivity contribution in [2.24, 2.45) is 17.8 Å². The fourth-order valence-electron chi connectivity index (χ4n) is 5.76. The topological polar surface area (TPSA) is 0 Å². The maximum absolute atomic E-state index is 2.51. The molecule has 0 saturated heterocycles. The highest BCUT2D eigenvalue weighted by molar-refractivity contribution is 4.64. The zero-order valence-electron chi connectivity index (χ0n) is 25.1. The lowest BCUT2D eigenvalue weighted by Gasteiger charge is -2.34. The number of halogens is 1. The van der Waals surface area contributed by atoms with E-state index < -0.39 is 0 Å². The summed E-state index contributed by atoms with van der Waals surface area (Å²) in [7, 11) is 5.03. The van der Waals surface area contributed by atoms with Crippen LogP contribution in [-0.2, 0) is 0 Å². The van der Waals surface area contributed by atoms with Crippen LogP contribution in [0, 0.1) is 17.8 Å². The lowest BCUT2D eigenvalue weighted by molar-refractivity contribution is -0.894. The minimum Gasteiger partial charge on any atom is -1.00 e. The lowest BCUT2D eigenvalue weighted by atomic mass is 9.89. The molecule has 0 aromatic heterocycles. The third-order valence-electron chi connectivity index (χ3n) is 8.08. The monoisotopic (exact) mass is 502 g/mol. The molecule has 0 aliphatic carbocycles. The first-order valence-corrected chi connectivity index (χ1v) is 15.7. The van der Waals surface area contributed by atoms with Crippen molar-refractivity contribution >= 4 is 0 Å². The Hall–Kier alpha value is 0.250. The van der Waals surface area contributed by atoms with Crippen LogP contribution < -0.4 is 12.4 Å². The van der Waals surface area contributed by atoms with Gasteiger partial charge >= 0.3 is 0 Å². The smallest absolute Gasteiger partial charge is 0.0811 e. The molecule has 3 unspecified atom stereocenters. The van der Waals surface area contributed by atoms with Crippen LogP contribution in [-0.4, -0.2) is 31.7 Å². The maximum Gasteiger partial charge on any atom is 0.0811 e. The first-order valence-electron chi connectivity index (χ1n) is 15.7. The second kappa shape index (κ2) is 24.9. The molecular formula is C32H68ClN. The Morgan fingerprint density at radius 1 is 0.471 bits per heavy atom. The van der Waals surface area contributed by atoms with E-state index in [0.717, 1.165) is 17.8 Å². The van der Waals surface area contributed by atoms with Gasteiger partial charge in [0.15, 0.2) is 0 Å². The molecule has 34 heavy (non-hydrogen) atoms. The Labute approximate surface area is 224 Å². The minimum absolute atomic E-state index is 0. The standard InChI is InChI=1S/C32H68N.ClH/c1-8-11-13-14-15-16-17-21-28-33(6,7)29-32(27-26-30(4)22-10-3)25-20-19-24-31(5)23-18-12-9-2;/h30-32H,8-29H2,1-7H3;1H/q+1;/p-1. The van der Waals surface area contributed by atoms with Gasteiger partial charge in [-0.2, -0.15) is 0 Å². The third-order valence-corrected chi connectivity index (χ3v) is 8.08. The molecule has 0 heterocycles. The number of rotatable bonds is 25. The van der Waals surface area contributed by atoms with Crippen LogP contribution in [0.3, 0.4) is 0 Å². The zero-order chi connectivity index (χ0) is 24.8. The Morgan fingerprint density at radius 3 is 1.53 bits per heavy atom. The first-order chi connectivity index (χ1) is 15.8. The van der Waals surface area contributed by atoms with Gasteiger partial charge in [-0.15, -0.1) is 0 Å². The van der Waals surface area contributed by atoms with E-state index in [9.17, 15) is 0 Å². The molecule has 0 radical (unpaired) electrons. The van der Waals surface area contributed by atoms with Gasteiger partial charge in [-0.1, -0.05) is 137 Å². The highest BCUT2D eigenvalue weighted by Gasteiger charge is 2.22. The molecule has 0 N–H and O–H groups in total. The summed E-state index contributed by atoms with van der Waals surface area (Å²) >= 11 is 0. The van der Waals surface area contributed by atoms with E-state index in [1.165, 1.54) is 146 Å². The van der Waals surface area contributed by atoms with Crippen molar-refractivity contribution in [3.63, 3.8) is 0 Å². The van der Waals surface area contributed by atoms with Gasteiger partial charge < -0.3 is 16.9 Å². The summed E-state index contributed by atoms with van der Waals surface area (Å²) in [6.07, 6.45) is 28.7. The van der Waals surface area contributed by atoms with Crippen molar-refractivity contribution in [1.29, 1.82) is 0 Å². The van der Waals surface area contributed by atoms with Gasteiger partial charge in [0.2, 0.25) is 0 Å². The van der Waals surface area contributed by atoms with Crippen molar-refractivity contribution in [3.8, 4) is 0 Å². The molecule has 0 spiro atoms. The summed E-state index contributed by atoms with van der Waals surface area (Å²) in [4.78, 5) is 0. The summed E-state index contributed by atoms with van der Waals surface area (Å²) in [5, 5.41) is 0. The quantitative estimate of drug-likeness (QED) is 0.0882. The van der Waals surface area contributed by atoms with E-state index in [4.69, 9.17) is 0 Å². The summed E-state index contributed by atoms with van der Waals surface area (Å²) in [5.74, 6) is 2.79. The van der Waals surface area contributed by atoms with E-state index in [1.54, 1.807) is 0 Å². The molecule has 0 bridgehead atoms. The van der Waals surface area contributed by atoms with E-state index >= 15 is 0 Å². The second-order valence-corrected chi connectivity index (χ2v) is 12.5. The Kier molecular flexibility index (Phi) is 26.7. The first kappa shape index (κ1) is 36.4. The van der Waals surface area contributed by atoms with Crippen molar-refractivity contribution in [2.75, 3.05) is 27.2 Å². The average molecular weight is 502 g/mol. The molecule has 0 fully saturated rings. The van der Waals surface area contributed by atoms with E-state index in [-0.39, 0.29) is 12.4 Å². The normalized spacial score (nSPS) is 14.6. The number of hydrogen-bond donors (Lipinski definition) is 0. The number of unbranched alkanes of at least 4 members (excludes halogenated alkanes) is 10. The summed E-state index contributed by atoms with van der Waals surface area (Å²) in [6, 6.07) is 0. The van der Waals surface area contributed by atoms with Crippen molar-refractivity contribution in [2.45, 2.75) is 163 Å². The molecule has 0 rings (SSSR count). The molecule has 0 saturated carbocycles. The van der Waals surface area contributed by atoms with Crippen LogP contribution in [0.4, 0.5) is 0 Å². The van der Waals surface area contributed by atoms with Crippen LogP contribution in [0.5, 0.6) is 0 Å². The van der Waals surface area contributed by atoms with Gasteiger partial charge in [0.25, 0.3) is 0 Å². The molecule has 0 aliphatic rings. The molecule has 3 atom stereocenters. The lowest BCUT2D eigenvalue weighted by Crippen LogP contribution is -3.00. The summed E-state index contributed by atoms with van der Waals surface area (Å²) in [5.41, 5.74) is 0. The fourth-order valence-corrected chi connectivity index (χ4v) is 5.76. The largest absolute Gasteiger partial charge is 1.00 e. The SMILES string of the molecule is CCCCCCCCCC[N+](C)(C)CC(CCCCC(C)CCCCC)CCC(C)CCC.[Cl-]. The number of hydrogen-bond acceptors (Lipinski definition) is 0. The van der Waals surface area contributed by atoms with Gasteiger partial charge in [-0.25, -0.2) is 0 Å². The second-order valence-electron chi connectivity index (χ2n) is 12.5. The molecule has 0 aliphatic heterocycles. The van der Waals surface area contributed by atoms with Crippen molar-refractivity contribution in [3.05, 3.63) is 0 Å². The third kappa shape index (κ3) is 24.0. The minimum atomic E-state index is 0. The van der Waals surface area contributed by atoms with Gasteiger partial charge in [-0.05, 0) is 37.5 Å². The Balaban J connectivity index is 0. The van der Waals surface area contributed by atoms with Crippen molar-refractivity contribution in [1.82, 2.24) is 0 Å². The van der Waals surface area contributed by atoms with E-state index in [2.05, 4.69) is 48.7 Å². The predicted molar refractivity (Wildman–Crippen MR) is 153 cm³/mol. The molecule has 2 heteroatoms. The van der Waals surface area contributed by atoms with Gasteiger partial charge in [-0.3, -0.25) is 0 Å². The average Bonchev–Trinajstić information content (AvgIpc) is 2.77. The molecule has 0 amide bonds. The highest BCUT2D eigenvalue weighted by Crippen LogP contribution is 2.25. The highest BCUT2D eigenvalue weighted by atomic mass is 35.5. The fraction of sp³-hybridized carbons (Fsp3) is 1.00. The predicted octanol–water partition coefficient (Wildman–Crippen LogP) is 7.82. The summed E-state index contributed by atoms with van der Waals surface area (Å²) in [6.45, 7) is 14.7. The van der Waals surface area contributed by atoms with Crippen LogP contribution in [0.15, 0.2) is 0 Å². The molecule has 208 valence electrons. The number of quaternary nitrogens is 1. The van der Waals surface area contributed by atoms with Crippen LogP contribution >= 0.6 is 0 Å². The van der Waals surface area contributed by atoms with Crippen LogP contribution in [0.25, 0.3) is 0 Å². The van der Waals surface area contributed by atoms with Crippen molar-refractivity contribution < 1.29 is 16.9 Å². The van der Waals surface area contributed by atoms with Gasteiger partial charge in [0.1, 0.15) is 0 Å². The van der Waals surface area contributed by atoms with Gasteiger partial charge in [0, 0.05) is 5.92 Å². The zero-order valence-corrected chi connectivity index (χ0v) is 25.9. The Morgan fingerprint density at radius 2 is 0.941 bits per heavy atom. The summed E-state index contributed by atoms with van der Waals surface area (Å²) < 4.78 is 1.25. The molecule has 0 aromatic rings. The van der Waals surface area contributed by atoms with Gasteiger partial charge in [0.05, 0.1) is 27.2 Å². The molecule has 1 nitrogen and oxygen atoms in total. The maximum atomic E-state index is 2.51. The van der Waals surface area contributed by atoms with E-state index in [0.29, 0.717) is 0 Å². The molecular weight excluding hydrogens is 434 g/mol.